The molecule has 0 spiro atoms. The Bertz CT molecular complexity index is 959. The summed E-state index contributed by atoms with van der Waals surface area (Å²) in [6.45, 7) is 0.783. The van der Waals surface area contributed by atoms with Crippen LogP contribution in [0.25, 0.3) is 0 Å². The van der Waals surface area contributed by atoms with Crippen molar-refractivity contribution in [3.8, 4) is 11.5 Å². The lowest BCUT2D eigenvalue weighted by atomic mass is 9.97. The molecule has 2 aromatic carbocycles. The molecule has 7 nitrogen and oxygen atoms in total. The number of methoxy groups -OCH3 is 2. The number of rotatable bonds is 4. The number of nitrogens with one attached hydrogen (secondary N) is 1. The predicted molar refractivity (Wildman–Crippen MR) is 111 cm³/mol. The maximum atomic E-state index is 12.9. The van der Waals surface area contributed by atoms with E-state index in [1.165, 1.54) is 0 Å². The Morgan fingerprint density at radius 3 is 2.69 bits per heavy atom. The molecule has 1 N–H and O–H groups in total. The lowest BCUT2D eigenvalue weighted by Gasteiger charge is -2.46. The summed E-state index contributed by atoms with van der Waals surface area (Å²) in [6, 6.07) is 10.5. The van der Waals surface area contributed by atoms with Gasteiger partial charge in [0.15, 0.2) is 0 Å². The van der Waals surface area contributed by atoms with E-state index in [2.05, 4.69) is 10.2 Å². The third-order valence-electron chi connectivity index (χ3n) is 5.70. The number of hydrogen-bond donors (Lipinski definition) is 1. The van der Waals surface area contributed by atoms with Crippen molar-refractivity contribution in [2.75, 3.05) is 38.0 Å². The summed E-state index contributed by atoms with van der Waals surface area (Å²) < 4.78 is 10.6. The molecule has 2 aromatic rings. The summed E-state index contributed by atoms with van der Waals surface area (Å²) in [4.78, 5) is 29.9. The van der Waals surface area contributed by atoms with Crippen LogP contribution in [0.15, 0.2) is 36.4 Å². The molecule has 0 bridgehead atoms. The van der Waals surface area contributed by atoms with Crippen molar-refractivity contribution >= 4 is 23.2 Å². The summed E-state index contributed by atoms with van der Waals surface area (Å²) >= 11 is 0. The number of anilines is 2. The fraction of sp³-hybridized carbons (Fsp3) is 0.364. The molecule has 1 fully saturated rings. The molecule has 4 rings (SSSR count). The van der Waals surface area contributed by atoms with E-state index in [1.54, 1.807) is 50.6 Å². The summed E-state index contributed by atoms with van der Waals surface area (Å²) in [5.74, 6) is 0.937. The predicted octanol–water partition coefficient (Wildman–Crippen LogP) is 3.36. The molecule has 2 amide bonds. The number of benzene rings is 2. The molecule has 152 valence electrons. The summed E-state index contributed by atoms with van der Waals surface area (Å²) in [6.07, 6.45) is 3.14. The number of nitrogens with zero attached hydrogens (tertiary/aromatic N) is 2. The number of carbonyl (C=O) groups is 2. The molecule has 0 aliphatic carbocycles. The van der Waals surface area contributed by atoms with Crippen LogP contribution in [0.4, 0.5) is 11.4 Å². The Balaban J connectivity index is 1.63. The van der Waals surface area contributed by atoms with Gasteiger partial charge in [-0.05, 0) is 49.6 Å². The number of hydrogen-bond acceptors (Lipinski definition) is 5. The highest BCUT2D eigenvalue weighted by Gasteiger charge is 2.37. The van der Waals surface area contributed by atoms with E-state index < -0.39 is 0 Å². The highest BCUT2D eigenvalue weighted by Crippen LogP contribution is 2.35. The van der Waals surface area contributed by atoms with Crippen LogP contribution in [0.3, 0.4) is 0 Å². The molecule has 2 heterocycles. The highest BCUT2D eigenvalue weighted by molar-refractivity contribution is 6.08. The van der Waals surface area contributed by atoms with Crippen LogP contribution in [0.1, 0.15) is 40.0 Å². The Kier molecular flexibility index (Phi) is 5.05. The smallest absolute Gasteiger partial charge is 0.257 e. The van der Waals surface area contributed by atoms with E-state index in [4.69, 9.17) is 9.47 Å². The molecule has 2 aliphatic heterocycles. The van der Waals surface area contributed by atoms with Crippen LogP contribution in [0.5, 0.6) is 11.5 Å². The van der Waals surface area contributed by atoms with Crippen molar-refractivity contribution < 1.29 is 19.1 Å². The number of fused-ring (bicyclic) bond motifs is 2. The number of amides is 2. The van der Waals surface area contributed by atoms with E-state index in [9.17, 15) is 9.59 Å². The van der Waals surface area contributed by atoms with Crippen molar-refractivity contribution in [3.63, 3.8) is 0 Å². The van der Waals surface area contributed by atoms with Gasteiger partial charge in [0.2, 0.25) is 0 Å². The number of carbonyl (C=O) groups excluding carboxylic acids is 2. The maximum Gasteiger partial charge on any atom is 0.257 e. The molecular formula is C22H25N3O4. The van der Waals surface area contributed by atoms with Gasteiger partial charge in [0.25, 0.3) is 11.8 Å². The van der Waals surface area contributed by atoms with Crippen LogP contribution in [0, 0.1) is 0 Å². The minimum atomic E-state index is -0.272. The molecule has 0 unspecified atom stereocenters. The molecule has 0 radical (unpaired) electrons. The quantitative estimate of drug-likeness (QED) is 0.860. The SMILES string of the molecule is COc1ccc(OC)c(NC(=O)c2ccc3c(c2)N(C)[C@H]2CCCCN2C3=O)c1. The summed E-state index contributed by atoms with van der Waals surface area (Å²) in [5, 5.41) is 2.88. The highest BCUT2D eigenvalue weighted by atomic mass is 16.5. The average molecular weight is 395 g/mol. The van der Waals surface area contributed by atoms with Crippen LogP contribution < -0.4 is 19.7 Å². The third-order valence-corrected chi connectivity index (χ3v) is 5.70. The van der Waals surface area contributed by atoms with Gasteiger partial charge in [-0.25, -0.2) is 0 Å². The molecule has 1 saturated heterocycles. The first-order chi connectivity index (χ1) is 14.0. The Hall–Kier alpha value is -3.22. The number of piperidine rings is 1. The largest absolute Gasteiger partial charge is 0.497 e. The van der Waals surface area contributed by atoms with Crippen LogP contribution in [-0.4, -0.2) is 50.7 Å². The van der Waals surface area contributed by atoms with Gasteiger partial charge in [-0.2, -0.15) is 0 Å². The van der Waals surface area contributed by atoms with Crippen molar-refractivity contribution in [3.05, 3.63) is 47.5 Å². The van der Waals surface area contributed by atoms with E-state index in [-0.39, 0.29) is 18.0 Å². The minimum Gasteiger partial charge on any atom is -0.497 e. The van der Waals surface area contributed by atoms with E-state index >= 15 is 0 Å². The van der Waals surface area contributed by atoms with Crippen LogP contribution in [0.2, 0.25) is 0 Å². The lowest BCUT2D eigenvalue weighted by molar-refractivity contribution is 0.0589. The van der Waals surface area contributed by atoms with Crippen molar-refractivity contribution in [1.82, 2.24) is 4.90 Å². The second kappa shape index (κ2) is 7.66. The second-order valence-corrected chi connectivity index (χ2v) is 7.34. The molecule has 0 saturated carbocycles. The first-order valence-electron chi connectivity index (χ1n) is 9.74. The van der Waals surface area contributed by atoms with E-state index in [0.29, 0.717) is 28.3 Å². The first kappa shape index (κ1) is 19.1. The van der Waals surface area contributed by atoms with Crippen molar-refractivity contribution in [2.24, 2.45) is 0 Å². The lowest BCUT2D eigenvalue weighted by Crippen LogP contribution is -2.55. The summed E-state index contributed by atoms with van der Waals surface area (Å²) in [5.41, 5.74) is 2.44. The Morgan fingerprint density at radius 2 is 1.93 bits per heavy atom. The molecular weight excluding hydrogens is 370 g/mol. The maximum absolute atomic E-state index is 12.9. The van der Waals surface area contributed by atoms with Gasteiger partial charge in [0, 0.05) is 25.2 Å². The first-order valence-corrected chi connectivity index (χ1v) is 9.74. The summed E-state index contributed by atoms with van der Waals surface area (Å²) in [7, 11) is 5.10. The Morgan fingerprint density at radius 1 is 1.10 bits per heavy atom. The van der Waals surface area contributed by atoms with Crippen LogP contribution >= 0.6 is 0 Å². The molecule has 29 heavy (non-hydrogen) atoms. The van der Waals surface area contributed by atoms with E-state index in [0.717, 1.165) is 31.5 Å². The Labute approximate surface area is 170 Å². The fourth-order valence-corrected chi connectivity index (χ4v) is 4.12. The van der Waals surface area contributed by atoms with Gasteiger partial charge >= 0.3 is 0 Å². The fourth-order valence-electron chi connectivity index (χ4n) is 4.12. The van der Waals surface area contributed by atoms with Crippen molar-refractivity contribution in [2.45, 2.75) is 25.4 Å². The molecule has 1 atom stereocenters. The topological polar surface area (TPSA) is 71.1 Å². The number of ether oxygens (including phenoxy) is 2. The van der Waals surface area contributed by atoms with Gasteiger partial charge in [0.1, 0.15) is 17.7 Å². The van der Waals surface area contributed by atoms with Gasteiger partial charge in [0.05, 0.1) is 31.2 Å². The van der Waals surface area contributed by atoms with Gasteiger partial charge in [-0.15, -0.1) is 0 Å². The van der Waals surface area contributed by atoms with Gasteiger partial charge in [-0.1, -0.05) is 0 Å². The van der Waals surface area contributed by atoms with Crippen molar-refractivity contribution in [1.29, 1.82) is 0 Å². The van der Waals surface area contributed by atoms with Crippen LogP contribution in [-0.2, 0) is 0 Å². The van der Waals surface area contributed by atoms with Gasteiger partial charge in [-0.3, -0.25) is 9.59 Å². The average Bonchev–Trinajstić information content (AvgIpc) is 2.77. The minimum absolute atomic E-state index is 0.0456. The monoisotopic (exact) mass is 395 g/mol. The standard InChI is InChI=1S/C22H25N3O4/c1-24-18-12-14(7-9-16(18)22(27)25-11-5-4-6-20(24)25)21(26)23-17-13-15(28-2)8-10-19(17)29-3/h7-10,12-13,20H,4-6,11H2,1-3H3,(H,23,26)/t20-/m1/s1. The molecule has 2 aliphatic rings. The van der Waals surface area contributed by atoms with E-state index in [1.807, 2.05) is 11.9 Å². The normalized spacial score (nSPS) is 18.0. The van der Waals surface area contributed by atoms with Gasteiger partial charge < -0.3 is 24.6 Å². The zero-order valence-electron chi connectivity index (χ0n) is 16.9. The second-order valence-electron chi connectivity index (χ2n) is 7.34. The zero-order chi connectivity index (χ0) is 20.5. The zero-order valence-corrected chi connectivity index (χ0v) is 16.9. The molecule has 0 aromatic heterocycles. The third kappa shape index (κ3) is 3.37. The molecule has 7 heteroatoms.